The van der Waals surface area contributed by atoms with Gasteiger partial charge < -0.3 is 5.11 Å². The summed E-state index contributed by atoms with van der Waals surface area (Å²) in [6.45, 7) is 1.89. The molecule has 2 unspecified atom stereocenters. The molecule has 0 aromatic carbocycles. The van der Waals surface area contributed by atoms with Crippen molar-refractivity contribution in [1.29, 1.82) is 0 Å². The number of aryl methyl sites for hydroxylation is 2. The zero-order chi connectivity index (χ0) is 12.5. The third-order valence-corrected chi connectivity index (χ3v) is 4.47. The molecule has 94 valence electrons. The topological polar surface area (TPSA) is 58.9 Å². The van der Waals surface area contributed by atoms with Crippen LogP contribution in [0.2, 0.25) is 0 Å². The highest BCUT2D eigenvalue weighted by molar-refractivity contribution is 7.05. The third-order valence-electron chi connectivity index (χ3n) is 3.57. The van der Waals surface area contributed by atoms with Gasteiger partial charge >= 0.3 is 0 Å². The molecule has 2 heterocycles. The second-order valence-corrected chi connectivity index (χ2v) is 5.50. The van der Waals surface area contributed by atoms with Gasteiger partial charge in [-0.05, 0) is 49.3 Å². The summed E-state index contributed by atoms with van der Waals surface area (Å²) >= 11 is 1.29. The highest BCUT2D eigenvalue weighted by Crippen LogP contribution is 2.40. The molecule has 0 saturated carbocycles. The average molecular weight is 261 g/mol. The summed E-state index contributed by atoms with van der Waals surface area (Å²) in [5.74, 6) is 0.0795. The highest BCUT2D eigenvalue weighted by atomic mass is 32.1. The molecule has 4 nitrogen and oxygen atoms in total. The molecule has 0 amide bonds. The van der Waals surface area contributed by atoms with Crippen molar-refractivity contribution in [2.24, 2.45) is 0 Å². The maximum Gasteiger partial charge on any atom is 0.1000 e. The Kier molecular flexibility index (Phi) is 3.09. The molecule has 0 fully saturated rings. The standard InChI is InChI=1S/C13H15N3OS/c1-8-13(18-16-15-8)12(17)10-6-2-4-9-5-3-7-14-11(9)10/h3,5,7,10,12,17H,2,4,6H2,1H3. The van der Waals surface area contributed by atoms with Crippen LogP contribution in [0.3, 0.4) is 0 Å². The van der Waals surface area contributed by atoms with Crippen molar-refractivity contribution in [2.75, 3.05) is 0 Å². The molecular weight excluding hydrogens is 246 g/mol. The van der Waals surface area contributed by atoms with E-state index in [-0.39, 0.29) is 5.92 Å². The summed E-state index contributed by atoms with van der Waals surface area (Å²) < 4.78 is 3.90. The summed E-state index contributed by atoms with van der Waals surface area (Å²) in [5, 5.41) is 14.5. The Bertz CT molecular complexity index is 555. The molecule has 2 aromatic rings. The number of rotatable bonds is 2. The van der Waals surface area contributed by atoms with Gasteiger partial charge in [0.25, 0.3) is 0 Å². The van der Waals surface area contributed by atoms with Crippen molar-refractivity contribution in [3.63, 3.8) is 0 Å². The van der Waals surface area contributed by atoms with Crippen LogP contribution in [0.4, 0.5) is 0 Å². The van der Waals surface area contributed by atoms with E-state index < -0.39 is 6.10 Å². The van der Waals surface area contributed by atoms with Crippen LogP contribution in [0.5, 0.6) is 0 Å². The molecule has 2 aromatic heterocycles. The normalized spacial score (nSPS) is 20.4. The number of pyridine rings is 1. The molecule has 0 radical (unpaired) electrons. The first-order valence-electron chi connectivity index (χ1n) is 6.18. The van der Waals surface area contributed by atoms with E-state index in [4.69, 9.17) is 0 Å². The predicted molar refractivity (Wildman–Crippen MR) is 69.5 cm³/mol. The van der Waals surface area contributed by atoms with Crippen molar-refractivity contribution in [3.8, 4) is 0 Å². The Morgan fingerprint density at radius 1 is 1.50 bits per heavy atom. The van der Waals surface area contributed by atoms with Gasteiger partial charge in [0, 0.05) is 17.8 Å². The van der Waals surface area contributed by atoms with Crippen molar-refractivity contribution in [2.45, 2.75) is 38.2 Å². The second-order valence-electron chi connectivity index (χ2n) is 4.71. The SMILES string of the molecule is Cc1nnsc1C(O)C1CCCc2cccnc21. The van der Waals surface area contributed by atoms with Crippen LogP contribution in [0.25, 0.3) is 0 Å². The fourth-order valence-electron chi connectivity index (χ4n) is 2.64. The lowest BCUT2D eigenvalue weighted by molar-refractivity contribution is 0.136. The lowest BCUT2D eigenvalue weighted by atomic mass is 9.82. The molecule has 0 spiro atoms. The lowest BCUT2D eigenvalue weighted by Gasteiger charge is -2.27. The van der Waals surface area contributed by atoms with E-state index >= 15 is 0 Å². The quantitative estimate of drug-likeness (QED) is 0.901. The van der Waals surface area contributed by atoms with Crippen LogP contribution in [-0.4, -0.2) is 19.7 Å². The van der Waals surface area contributed by atoms with E-state index in [0.717, 1.165) is 35.5 Å². The first kappa shape index (κ1) is 11.7. The van der Waals surface area contributed by atoms with Gasteiger partial charge in [0.05, 0.1) is 16.7 Å². The number of aromatic nitrogens is 3. The fourth-order valence-corrected chi connectivity index (χ4v) is 3.34. The third kappa shape index (κ3) is 1.93. The van der Waals surface area contributed by atoms with E-state index in [1.54, 1.807) is 0 Å². The Morgan fingerprint density at radius 3 is 3.17 bits per heavy atom. The molecule has 3 rings (SSSR count). The maximum atomic E-state index is 10.6. The first-order valence-corrected chi connectivity index (χ1v) is 6.95. The molecular formula is C13H15N3OS. The first-order chi connectivity index (χ1) is 8.77. The molecule has 18 heavy (non-hydrogen) atoms. The van der Waals surface area contributed by atoms with Crippen molar-refractivity contribution in [3.05, 3.63) is 40.2 Å². The van der Waals surface area contributed by atoms with Gasteiger partial charge in [-0.25, -0.2) is 0 Å². The second kappa shape index (κ2) is 4.74. The summed E-state index contributed by atoms with van der Waals surface area (Å²) in [4.78, 5) is 5.34. The Morgan fingerprint density at radius 2 is 2.39 bits per heavy atom. The van der Waals surface area contributed by atoms with Crippen molar-refractivity contribution < 1.29 is 5.11 Å². The minimum absolute atomic E-state index is 0.0795. The van der Waals surface area contributed by atoms with Crippen LogP contribution in [0.15, 0.2) is 18.3 Å². The number of aliphatic hydroxyl groups is 1. The van der Waals surface area contributed by atoms with Gasteiger partial charge in [-0.1, -0.05) is 10.6 Å². The van der Waals surface area contributed by atoms with Crippen molar-refractivity contribution >= 4 is 11.5 Å². The number of fused-ring (bicyclic) bond motifs is 1. The molecule has 2 atom stereocenters. The minimum Gasteiger partial charge on any atom is -0.387 e. The van der Waals surface area contributed by atoms with Gasteiger partial charge in [0.1, 0.15) is 0 Å². The molecule has 0 aliphatic heterocycles. The van der Waals surface area contributed by atoms with Crippen LogP contribution >= 0.6 is 11.5 Å². The lowest BCUT2D eigenvalue weighted by Crippen LogP contribution is -2.18. The Labute approximate surface area is 110 Å². The number of hydrogen-bond donors (Lipinski definition) is 1. The predicted octanol–water partition coefficient (Wildman–Crippen LogP) is 2.40. The van der Waals surface area contributed by atoms with Crippen molar-refractivity contribution in [1.82, 2.24) is 14.6 Å². The van der Waals surface area contributed by atoms with Gasteiger partial charge in [0.15, 0.2) is 0 Å². The van der Waals surface area contributed by atoms with E-state index in [1.807, 2.05) is 19.2 Å². The van der Waals surface area contributed by atoms with Gasteiger partial charge in [-0.2, -0.15) is 0 Å². The largest absolute Gasteiger partial charge is 0.387 e. The Balaban J connectivity index is 1.97. The van der Waals surface area contributed by atoms with E-state index in [9.17, 15) is 5.11 Å². The van der Waals surface area contributed by atoms with Crippen LogP contribution in [0, 0.1) is 6.92 Å². The Hall–Kier alpha value is -1.33. The summed E-state index contributed by atoms with van der Waals surface area (Å²) in [6.07, 6.45) is 4.42. The number of nitrogens with zero attached hydrogens (tertiary/aromatic N) is 3. The molecule has 5 heteroatoms. The minimum atomic E-state index is -0.529. The smallest absolute Gasteiger partial charge is 0.1000 e. The summed E-state index contributed by atoms with van der Waals surface area (Å²) in [5.41, 5.74) is 3.14. The number of aliphatic hydroxyl groups excluding tert-OH is 1. The molecule has 1 aliphatic carbocycles. The molecule has 1 N–H and O–H groups in total. The van der Waals surface area contributed by atoms with Gasteiger partial charge in [-0.3, -0.25) is 4.98 Å². The molecule has 1 aliphatic rings. The summed E-state index contributed by atoms with van der Waals surface area (Å²) in [7, 11) is 0. The zero-order valence-electron chi connectivity index (χ0n) is 10.2. The van der Waals surface area contributed by atoms with Crippen LogP contribution < -0.4 is 0 Å². The van der Waals surface area contributed by atoms with Crippen LogP contribution in [-0.2, 0) is 6.42 Å². The highest BCUT2D eigenvalue weighted by Gasteiger charge is 2.30. The van der Waals surface area contributed by atoms with Gasteiger partial charge in [-0.15, -0.1) is 5.10 Å². The monoisotopic (exact) mass is 261 g/mol. The van der Waals surface area contributed by atoms with E-state index in [0.29, 0.717) is 0 Å². The summed E-state index contributed by atoms with van der Waals surface area (Å²) in [6, 6.07) is 4.08. The number of hydrogen-bond acceptors (Lipinski definition) is 5. The zero-order valence-corrected chi connectivity index (χ0v) is 11.0. The molecule has 0 bridgehead atoms. The molecule has 0 saturated heterocycles. The fraction of sp³-hybridized carbons (Fsp3) is 0.462. The average Bonchev–Trinajstić information content (AvgIpc) is 2.83. The maximum absolute atomic E-state index is 10.6. The van der Waals surface area contributed by atoms with Crippen LogP contribution in [0.1, 0.15) is 46.7 Å². The van der Waals surface area contributed by atoms with Gasteiger partial charge in [0.2, 0.25) is 0 Å². The van der Waals surface area contributed by atoms with E-state index in [2.05, 4.69) is 20.6 Å². The van der Waals surface area contributed by atoms with E-state index in [1.165, 1.54) is 17.1 Å².